The van der Waals surface area contributed by atoms with Crippen molar-refractivity contribution < 1.29 is 9.53 Å². The molecule has 10 heavy (non-hydrogen) atoms. The summed E-state index contributed by atoms with van der Waals surface area (Å²) >= 11 is 0. The Bertz CT molecular complexity index is 125. The average Bonchev–Trinajstić information content (AvgIpc) is 2.13. The lowest BCUT2D eigenvalue weighted by atomic mass is 10.1. The average molecular weight is 143 g/mol. The van der Waals surface area contributed by atoms with Crippen LogP contribution in [0.5, 0.6) is 0 Å². The maximum absolute atomic E-state index is 11.0. The highest BCUT2D eigenvalue weighted by Gasteiger charge is 2.19. The predicted octanol–water partition coefficient (Wildman–Crippen LogP) is 0.301. The molecule has 1 atom stereocenters. The Hall–Kier alpha value is -0.570. The molecule has 3 nitrogen and oxygen atoms in total. The largest absolute Gasteiger partial charge is 0.465 e. The summed E-state index contributed by atoms with van der Waals surface area (Å²) in [6.07, 6.45) is 3.00. The SMILES string of the molecule is CN[C@@H]1CCCCOC1=O. The molecule has 0 unspecified atom stereocenters. The van der Waals surface area contributed by atoms with Crippen LogP contribution in [-0.4, -0.2) is 25.7 Å². The smallest absolute Gasteiger partial charge is 0.323 e. The highest BCUT2D eigenvalue weighted by atomic mass is 16.5. The third kappa shape index (κ3) is 1.70. The van der Waals surface area contributed by atoms with Crippen molar-refractivity contribution in [1.29, 1.82) is 0 Å². The lowest BCUT2D eigenvalue weighted by Crippen LogP contribution is -2.34. The Kier molecular flexibility index (Phi) is 2.68. The molecule has 1 saturated heterocycles. The molecule has 0 aromatic carbocycles. The highest BCUT2D eigenvalue weighted by Crippen LogP contribution is 2.07. The predicted molar refractivity (Wildman–Crippen MR) is 37.7 cm³/mol. The first-order chi connectivity index (χ1) is 4.84. The van der Waals surface area contributed by atoms with Crippen LogP contribution in [0.4, 0.5) is 0 Å². The van der Waals surface area contributed by atoms with E-state index >= 15 is 0 Å². The lowest BCUT2D eigenvalue weighted by Gasteiger charge is -2.09. The van der Waals surface area contributed by atoms with Crippen LogP contribution in [0.1, 0.15) is 19.3 Å². The Balaban J connectivity index is 2.43. The fourth-order valence-electron chi connectivity index (χ4n) is 1.10. The molecular formula is C7H13NO2. The van der Waals surface area contributed by atoms with Crippen LogP contribution >= 0.6 is 0 Å². The molecule has 58 valence electrons. The number of rotatable bonds is 1. The van der Waals surface area contributed by atoms with E-state index in [9.17, 15) is 4.79 Å². The monoisotopic (exact) mass is 143 g/mol. The molecule has 0 aromatic rings. The van der Waals surface area contributed by atoms with Crippen molar-refractivity contribution in [3.63, 3.8) is 0 Å². The van der Waals surface area contributed by atoms with Gasteiger partial charge in [0.25, 0.3) is 0 Å². The van der Waals surface area contributed by atoms with Gasteiger partial charge in [-0.3, -0.25) is 4.79 Å². The molecule has 0 bridgehead atoms. The van der Waals surface area contributed by atoms with Crippen molar-refractivity contribution in [1.82, 2.24) is 5.32 Å². The Morgan fingerprint density at radius 1 is 1.60 bits per heavy atom. The molecule has 1 aliphatic heterocycles. The van der Waals surface area contributed by atoms with Crippen molar-refractivity contribution in [2.24, 2.45) is 0 Å². The van der Waals surface area contributed by atoms with Gasteiger partial charge >= 0.3 is 5.97 Å². The molecule has 1 heterocycles. The summed E-state index contributed by atoms with van der Waals surface area (Å²) in [5.74, 6) is -0.0972. The third-order valence-corrected chi connectivity index (χ3v) is 1.76. The molecule has 3 heteroatoms. The number of carbonyl (C=O) groups is 1. The first-order valence-electron chi connectivity index (χ1n) is 3.68. The quantitative estimate of drug-likeness (QED) is 0.536. The minimum Gasteiger partial charge on any atom is -0.465 e. The zero-order valence-electron chi connectivity index (χ0n) is 6.22. The van der Waals surface area contributed by atoms with Gasteiger partial charge in [-0.05, 0) is 26.3 Å². The van der Waals surface area contributed by atoms with Crippen LogP contribution in [-0.2, 0) is 9.53 Å². The standard InChI is InChI=1S/C7H13NO2/c1-8-6-4-2-3-5-10-7(6)9/h6,8H,2-5H2,1H3/t6-/m1/s1. The van der Waals surface area contributed by atoms with Gasteiger partial charge in [0, 0.05) is 0 Å². The van der Waals surface area contributed by atoms with E-state index < -0.39 is 0 Å². The Morgan fingerprint density at radius 2 is 2.40 bits per heavy atom. The second kappa shape index (κ2) is 3.56. The minimum absolute atomic E-state index is 0.0671. The number of cyclic esters (lactones) is 1. The van der Waals surface area contributed by atoms with E-state index in [0.717, 1.165) is 19.3 Å². The van der Waals surface area contributed by atoms with Gasteiger partial charge in [0.15, 0.2) is 0 Å². The van der Waals surface area contributed by atoms with Gasteiger partial charge in [-0.15, -0.1) is 0 Å². The second-order valence-electron chi connectivity index (χ2n) is 2.50. The molecule has 0 amide bonds. The van der Waals surface area contributed by atoms with Gasteiger partial charge in [0.05, 0.1) is 6.61 Å². The first kappa shape index (κ1) is 7.54. The van der Waals surface area contributed by atoms with Crippen LogP contribution in [0.15, 0.2) is 0 Å². The number of likely N-dealkylation sites (N-methyl/N-ethyl adjacent to an activating group) is 1. The molecule has 0 aromatic heterocycles. The summed E-state index contributed by atoms with van der Waals surface area (Å²) in [5.41, 5.74) is 0. The summed E-state index contributed by atoms with van der Waals surface area (Å²) in [4.78, 5) is 11.0. The molecule has 0 aliphatic carbocycles. The van der Waals surface area contributed by atoms with Gasteiger partial charge in [-0.25, -0.2) is 0 Å². The van der Waals surface area contributed by atoms with E-state index in [1.807, 2.05) is 0 Å². The van der Waals surface area contributed by atoms with Crippen molar-refractivity contribution >= 4 is 5.97 Å². The summed E-state index contributed by atoms with van der Waals surface area (Å²) in [5, 5.41) is 2.92. The second-order valence-corrected chi connectivity index (χ2v) is 2.50. The molecule has 1 aliphatic rings. The van der Waals surface area contributed by atoms with Gasteiger partial charge in [-0.2, -0.15) is 0 Å². The zero-order valence-corrected chi connectivity index (χ0v) is 6.22. The fraction of sp³-hybridized carbons (Fsp3) is 0.857. The number of hydrogen-bond donors (Lipinski definition) is 1. The van der Waals surface area contributed by atoms with Crippen molar-refractivity contribution in [3.05, 3.63) is 0 Å². The van der Waals surface area contributed by atoms with Crippen LogP contribution in [0.2, 0.25) is 0 Å². The molecule has 0 spiro atoms. The maximum atomic E-state index is 11.0. The van der Waals surface area contributed by atoms with Crippen molar-refractivity contribution in [2.45, 2.75) is 25.3 Å². The first-order valence-corrected chi connectivity index (χ1v) is 3.68. The van der Waals surface area contributed by atoms with E-state index in [-0.39, 0.29) is 12.0 Å². The van der Waals surface area contributed by atoms with Gasteiger partial charge in [0.2, 0.25) is 0 Å². The number of ether oxygens (including phenoxy) is 1. The summed E-state index contributed by atoms with van der Waals surface area (Å²) in [6, 6.07) is -0.0671. The molecule has 1 N–H and O–H groups in total. The number of hydrogen-bond acceptors (Lipinski definition) is 3. The van der Waals surface area contributed by atoms with E-state index in [4.69, 9.17) is 4.74 Å². The molecule has 1 rings (SSSR count). The third-order valence-electron chi connectivity index (χ3n) is 1.76. The molecular weight excluding hydrogens is 130 g/mol. The number of nitrogens with one attached hydrogen (secondary N) is 1. The van der Waals surface area contributed by atoms with Crippen LogP contribution in [0.25, 0.3) is 0 Å². The topological polar surface area (TPSA) is 38.3 Å². The van der Waals surface area contributed by atoms with Crippen molar-refractivity contribution in [2.75, 3.05) is 13.7 Å². The normalized spacial score (nSPS) is 27.3. The maximum Gasteiger partial charge on any atom is 0.323 e. The number of carbonyl (C=O) groups excluding carboxylic acids is 1. The van der Waals surface area contributed by atoms with Gasteiger partial charge in [0.1, 0.15) is 6.04 Å². The van der Waals surface area contributed by atoms with Crippen molar-refractivity contribution in [3.8, 4) is 0 Å². The summed E-state index contributed by atoms with van der Waals surface area (Å²) in [6.45, 7) is 0.594. The highest BCUT2D eigenvalue weighted by molar-refractivity contribution is 5.75. The molecule has 0 saturated carbocycles. The number of esters is 1. The molecule has 1 fully saturated rings. The summed E-state index contributed by atoms with van der Waals surface area (Å²) in [7, 11) is 1.79. The Labute approximate surface area is 60.7 Å². The van der Waals surface area contributed by atoms with E-state index in [1.54, 1.807) is 7.05 Å². The van der Waals surface area contributed by atoms with Crippen LogP contribution in [0, 0.1) is 0 Å². The van der Waals surface area contributed by atoms with Gasteiger partial charge < -0.3 is 10.1 Å². The fourth-order valence-corrected chi connectivity index (χ4v) is 1.10. The van der Waals surface area contributed by atoms with E-state index in [1.165, 1.54) is 0 Å². The zero-order chi connectivity index (χ0) is 7.40. The lowest BCUT2D eigenvalue weighted by molar-refractivity contribution is -0.144. The summed E-state index contributed by atoms with van der Waals surface area (Å²) < 4.78 is 4.90. The van der Waals surface area contributed by atoms with Crippen LogP contribution < -0.4 is 5.32 Å². The van der Waals surface area contributed by atoms with Gasteiger partial charge in [-0.1, -0.05) is 0 Å². The van der Waals surface area contributed by atoms with Crippen LogP contribution in [0.3, 0.4) is 0 Å². The molecule has 0 radical (unpaired) electrons. The van der Waals surface area contributed by atoms with E-state index in [2.05, 4.69) is 5.32 Å². The minimum atomic E-state index is -0.0972. The Morgan fingerprint density at radius 3 is 3.10 bits per heavy atom. The van der Waals surface area contributed by atoms with E-state index in [0.29, 0.717) is 6.61 Å².